The van der Waals surface area contributed by atoms with E-state index in [1.54, 1.807) is 0 Å². The molecule has 0 saturated carbocycles. The molecule has 55 heavy (non-hydrogen) atoms. The molecule has 0 radical (unpaired) electrons. The van der Waals surface area contributed by atoms with Crippen LogP contribution in [0.4, 0.5) is 0 Å². The number of aromatic nitrogens is 2. The Kier molecular flexibility index (Phi) is 7.54. The Morgan fingerprint density at radius 2 is 0.855 bits per heavy atom. The summed E-state index contributed by atoms with van der Waals surface area (Å²) in [6.07, 6.45) is 0. The minimum Gasteiger partial charge on any atom is -0.307 e. The van der Waals surface area contributed by atoms with E-state index in [-0.39, 0.29) is 0 Å². The molecule has 0 amide bonds. The third kappa shape index (κ3) is 5.34. The first-order chi connectivity index (χ1) is 26.9. The molecule has 0 aliphatic carbocycles. The summed E-state index contributed by atoms with van der Waals surface area (Å²) < 4.78 is 4.92. The second kappa shape index (κ2) is 12.8. The van der Waals surface area contributed by atoms with E-state index in [4.69, 9.17) is 0 Å². The molecule has 10 aromatic rings. The molecule has 0 N–H and O–H groups in total. The van der Waals surface area contributed by atoms with Crippen molar-refractivity contribution in [3.8, 4) is 50.8 Å². The van der Waals surface area contributed by atoms with Gasteiger partial charge in [-0.1, -0.05) is 132 Å². The van der Waals surface area contributed by atoms with Gasteiger partial charge in [-0.3, -0.25) is 0 Å². The van der Waals surface area contributed by atoms with Crippen molar-refractivity contribution in [2.75, 3.05) is 0 Å². The van der Waals surface area contributed by atoms with Crippen molar-refractivity contribution in [1.29, 1.82) is 5.26 Å². The Morgan fingerprint density at radius 3 is 1.38 bits per heavy atom. The van der Waals surface area contributed by atoms with E-state index >= 15 is 0 Å². The smallest absolute Gasteiger partial charge is 0.0991 e. The van der Waals surface area contributed by atoms with Crippen LogP contribution in [0, 0.1) is 32.1 Å². The van der Waals surface area contributed by atoms with Crippen molar-refractivity contribution in [3.63, 3.8) is 0 Å². The minimum absolute atomic E-state index is 0.646. The van der Waals surface area contributed by atoms with E-state index in [9.17, 15) is 5.26 Å². The van der Waals surface area contributed by atoms with Gasteiger partial charge in [0, 0.05) is 21.5 Å². The molecule has 2 aromatic heterocycles. The molecule has 0 aliphatic rings. The van der Waals surface area contributed by atoms with Crippen molar-refractivity contribution in [2.24, 2.45) is 0 Å². The van der Waals surface area contributed by atoms with Crippen molar-refractivity contribution in [2.45, 2.75) is 20.8 Å². The molecule has 0 unspecified atom stereocenters. The summed E-state index contributed by atoms with van der Waals surface area (Å²) in [5.41, 5.74) is 17.9. The van der Waals surface area contributed by atoms with E-state index in [0.29, 0.717) is 5.56 Å². The number of nitriles is 1. The first kappa shape index (κ1) is 32.5. The Labute approximate surface area is 320 Å². The number of fused-ring (bicyclic) bond motifs is 6. The molecule has 260 valence electrons. The Balaban J connectivity index is 1.34. The Morgan fingerprint density at radius 1 is 0.382 bits per heavy atom. The lowest BCUT2D eigenvalue weighted by atomic mass is 9.97. The molecule has 3 heteroatoms. The standard InChI is InChI=1S/C52H37N3/c1-33-15-19-37(20-16-33)39-23-25-44-42-11-4-6-13-47(42)54(49(44)29-39)51-27-35(3)46(41-10-8-9-36(28-41)32-53)31-52(51)55-48-14-7-5-12-43(48)45-26-24-40(30-50(45)55)38-21-17-34(2)18-22-38/h4-31H,1-3H3. The lowest BCUT2D eigenvalue weighted by Crippen LogP contribution is -2.05. The molecule has 0 aliphatic heterocycles. The fourth-order valence-corrected chi connectivity index (χ4v) is 8.42. The highest BCUT2D eigenvalue weighted by Crippen LogP contribution is 2.42. The van der Waals surface area contributed by atoms with Crippen LogP contribution in [0.1, 0.15) is 22.3 Å². The zero-order valence-corrected chi connectivity index (χ0v) is 31.0. The second-order valence-electron chi connectivity index (χ2n) is 14.7. The van der Waals surface area contributed by atoms with Gasteiger partial charge in [-0.05, 0) is 108 Å². The number of benzene rings is 8. The number of hydrogen-bond donors (Lipinski definition) is 0. The molecule has 0 bridgehead atoms. The Bertz CT molecular complexity index is 3170. The zero-order valence-electron chi connectivity index (χ0n) is 31.0. The van der Waals surface area contributed by atoms with Gasteiger partial charge >= 0.3 is 0 Å². The van der Waals surface area contributed by atoms with Gasteiger partial charge in [0.15, 0.2) is 0 Å². The van der Waals surface area contributed by atoms with Crippen molar-refractivity contribution < 1.29 is 0 Å². The summed E-state index contributed by atoms with van der Waals surface area (Å²) >= 11 is 0. The molecule has 8 aromatic carbocycles. The maximum Gasteiger partial charge on any atom is 0.0991 e. The quantitative estimate of drug-likeness (QED) is 0.176. The average Bonchev–Trinajstić information content (AvgIpc) is 3.73. The highest BCUT2D eigenvalue weighted by atomic mass is 15.1. The largest absolute Gasteiger partial charge is 0.307 e. The highest BCUT2D eigenvalue weighted by Gasteiger charge is 2.22. The molecular weight excluding hydrogens is 667 g/mol. The van der Waals surface area contributed by atoms with Crippen molar-refractivity contribution in [1.82, 2.24) is 9.13 Å². The molecule has 3 nitrogen and oxygen atoms in total. The predicted molar refractivity (Wildman–Crippen MR) is 230 cm³/mol. The van der Waals surface area contributed by atoms with Gasteiger partial charge in [-0.25, -0.2) is 0 Å². The van der Waals surface area contributed by atoms with Crippen LogP contribution >= 0.6 is 0 Å². The predicted octanol–water partition coefficient (Wildman–Crippen LogP) is 13.7. The zero-order chi connectivity index (χ0) is 37.2. The first-order valence-corrected chi connectivity index (χ1v) is 18.8. The van der Waals surface area contributed by atoms with Crippen LogP contribution in [0.25, 0.3) is 88.4 Å². The van der Waals surface area contributed by atoms with Gasteiger partial charge < -0.3 is 9.13 Å². The minimum atomic E-state index is 0.646. The van der Waals surface area contributed by atoms with E-state index in [2.05, 4.69) is 188 Å². The van der Waals surface area contributed by atoms with E-state index in [1.165, 1.54) is 54.9 Å². The average molecular weight is 704 g/mol. The Hall–Kier alpha value is -7.15. The van der Waals surface area contributed by atoms with Gasteiger partial charge in [-0.15, -0.1) is 0 Å². The first-order valence-electron chi connectivity index (χ1n) is 18.8. The third-order valence-electron chi connectivity index (χ3n) is 11.2. The highest BCUT2D eigenvalue weighted by molar-refractivity contribution is 6.12. The van der Waals surface area contributed by atoms with Crippen LogP contribution in [0.2, 0.25) is 0 Å². The summed E-state index contributed by atoms with van der Waals surface area (Å²) in [7, 11) is 0. The molecule has 0 atom stereocenters. The lowest BCUT2D eigenvalue weighted by Gasteiger charge is -2.20. The molecule has 0 saturated heterocycles. The SMILES string of the molecule is Cc1ccc(-c2ccc3c4ccccc4n(-c4cc(C)c(-c5cccc(C#N)c5)cc4-n4c5ccccc5c5ccc(-c6ccc(C)cc6)cc54)c3c2)cc1. The molecular formula is C52H37N3. The summed E-state index contributed by atoms with van der Waals surface area (Å²) in [6.45, 7) is 6.45. The second-order valence-corrected chi connectivity index (χ2v) is 14.7. The number of aryl methyl sites for hydroxylation is 3. The number of para-hydroxylation sites is 2. The van der Waals surface area contributed by atoms with Crippen LogP contribution in [-0.2, 0) is 0 Å². The summed E-state index contributed by atoms with van der Waals surface area (Å²) in [4.78, 5) is 0. The maximum absolute atomic E-state index is 9.89. The van der Waals surface area contributed by atoms with E-state index in [1.807, 2.05) is 18.2 Å². The van der Waals surface area contributed by atoms with Crippen LogP contribution in [-0.4, -0.2) is 9.13 Å². The molecule has 10 rings (SSSR count). The van der Waals surface area contributed by atoms with Crippen LogP contribution < -0.4 is 0 Å². The van der Waals surface area contributed by atoms with Gasteiger partial charge in [0.2, 0.25) is 0 Å². The summed E-state index contributed by atoms with van der Waals surface area (Å²) in [5.74, 6) is 0. The normalized spacial score (nSPS) is 11.5. The fraction of sp³-hybridized carbons (Fsp3) is 0.0577. The van der Waals surface area contributed by atoms with E-state index in [0.717, 1.165) is 50.1 Å². The topological polar surface area (TPSA) is 33.6 Å². The van der Waals surface area contributed by atoms with Crippen LogP contribution in [0.5, 0.6) is 0 Å². The fourth-order valence-electron chi connectivity index (χ4n) is 8.42. The number of hydrogen-bond acceptors (Lipinski definition) is 1. The van der Waals surface area contributed by atoms with Gasteiger partial charge in [0.1, 0.15) is 0 Å². The number of rotatable bonds is 5. The maximum atomic E-state index is 9.89. The monoisotopic (exact) mass is 703 g/mol. The molecule has 0 spiro atoms. The van der Waals surface area contributed by atoms with Gasteiger partial charge in [0.25, 0.3) is 0 Å². The van der Waals surface area contributed by atoms with Crippen molar-refractivity contribution >= 4 is 43.6 Å². The van der Waals surface area contributed by atoms with Crippen LogP contribution in [0.3, 0.4) is 0 Å². The van der Waals surface area contributed by atoms with E-state index < -0.39 is 0 Å². The number of nitrogens with zero attached hydrogens (tertiary/aromatic N) is 3. The van der Waals surface area contributed by atoms with Gasteiger partial charge in [-0.2, -0.15) is 5.26 Å². The third-order valence-corrected chi connectivity index (χ3v) is 11.2. The lowest BCUT2D eigenvalue weighted by molar-refractivity contribution is 1.09. The summed E-state index contributed by atoms with van der Waals surface area (Å²) in [6, 6.07) is 63.9. The van der Waals surface area contributed by atoms with Gasteiger partial charge in [0.05, 0.1) is 45.1 Å². The summed E-state index contributed by atoms with van der Waals surface area (Å²) in [5, 5.41) is 14.7. The van der Waals surface area contributed by atoms with Crippen molar-refractivity contribution in [3.05, 3.63) is 192 Å². The molecule has 2 heterocycles. The molecule has 0 fully saturated rings. The van der Waals surface area contributed by atoms with Crippen LogP contribution in [0.15, 0.2) is 170 Å².